The molecule has 1 aliphatic carbocycles. The molecule has 2 fully saturated rings. The van der Waals surface area contributed by atoms with E-state index in [0.717, 1.165) is 50.6 Å². The number of halogens is 1. The highest BCUT2D eigenvalue weighted by Gasteiger charge is 2.33. The lowest BCUT2D eigenvalue weighted by molar-refractivity contribution is 0.00803. The highest BCUT2D eigenvalue weighted by Crippen LogP contribution is 2.30. The van der Waals surface area contributed by atoms with Gasteiger partial charge in [0.1, 0.15) is 0 Å². The summed E-state index contributed by atoms with van der Waals surface area (Å²) in [5.74, 6) is 0. The van der Waals surface area contributed by atoms with Gasteiger partial charge in [0.15, 0.2) is 0 Å². The number of anilines is 1. The molecule has 4 heteroatoms. The van der Waals surface area contributed by atoms with Crippen LogP contribution in [-0.2, 0) is 0 Å². The van der Waals surface area contributed by atoms with Crippen LogP contribution in [-0.4, -0.2) is 48.3 Å². The van der Waals surface area contributed by atoms with Crippen molar-refractivity contribution in [3.05, 3.63) is 29.3 Å². The molecular weight excluding hydrogens is 272 g/mol. The van der Waals surface area contributed by atoms with Crippen LogP contribution < -0.4 is 4.90 Å². The topological polar surface area (TPSA) is 26.7 Å². The van der Waals surface area contributed by atoms with Gasteiger partial charge < -0.3 is 10.0 Å². The van der Waals surface area contributed by atoms with Gasteiger partial charge >= 0.3 is 0 Å². The minimum absolute atomic E-state index is 0.414. The first-order valence-corrected chi connectivity index (χ1v) is 7.98. The lowest BCUT2D eigenvalue weighted by atomic mass is 10.0. The number of rotatable bonds is 3. The monoisotopic (exact) mass is 294 g/mol. The van der Waals surface area contributed by atoms with E-state index in [1.54, 1.807) is 0 Å². The van der Waals surface area contributed by atoms with Crippen molar-refractivity contribution in [3.8, 4) is 0 Å². The van der Waals surface area contributed by atoms with E-state index in [1.165, 1.54) is 18.5 Å². The minimum atomic E-state index is -0.414. The quantitative estimate of drug-likeness (QED) is 0.929. The number of aliphatic hydroxyl groups is 1. The number of nitrogens with zero attached hydrogens (tertiary/aromatic N) is 2. The number of hydrogen-bond acceptors (Lipinski definition) is 3. The van der Waals surface area contributed by atoms with Gasteiger partial charge in [-0.15, -0.1) is 0 Å². The summed E-state index contributed by atoms with van der Waals surface area (Å²) in [6.45, 7) is 4.97. The van der Waals surface area contributed by atoms with Crippen LogP contribution in [0.1, 0.15) is 25.7 Å². The number of piperazine rings is 1. The highest BCUT2D eigenvalue weighted by atomic mass is 35.5. The smallest absolute Gasteiger partial charge is 0.0774 e. The average molecular weight is 295 g/mol. The molecule has 0 unspecified atom stereocenters. The van der Waals surface area contributed by atoms with Crippen molar-refractivity contribution < 1.29 is 5.11 Å². The molecule has 1 aromatic carbocycles. The molecule has 0 spiro atoms. The van der Waals surface area contributed by atoms with Crippen LogP contribution in [0.2, 0.25) is 5.02 Å². The van der Waals surface area contributed by atoms with E-state index >= 15 is 0 Å². The molecule has 1 aromatic rings. The van der Waals surface area contributed by atoms with E-state index in [2.05, 4.69) is 21.9 Å². The van der Waals surface area contributed by atoms with Crippen LogP contribution in [0.4, 0.5) is 5.69 Å². The van der Waals surface area contributed by atoms with Gasteiger partial charge in [-0.1, -0.05) is 24.4 Å². The molecule has 1 saturated heterocycles. The second-order valence-electron chi connectivity index (χ2n) is 6.17. The van der Waals surface area contributed by atoms with Crippen LogP contribution >= 0.6 is 11.6 Å². The van der Waals surface area contributed by atoms with Gasteiger partial charge in [0, 0.05) is 43.4 Å². The zero-order chi connectivity index (χ0) is 14.0. The Morgan fingerprint density at radius 3 is 2.20 bits per heavy atom. The molecule has 0 atom stereocenters. The Hall–Kier alpha value is -0.770. The van der Waals surface area contributed by atoms with Crippen LogP contribution in [0.3, 0.4) is 0 Å². The lowest BCUT2D eigenvalue weighted by Gasteiger charge is -2.39. The minimum Gasteiger partial charge on any atom is -0.389 e. The maximum absolute atomic E-state index is 10.5. The van der Waals surface area contributed by atoms with Gasteiger partial charge in [-0.3, -0.25) is 4.90 Å². The molecule has 0 aromatic heterocycles. The highest BCUT2D eigenvalue weighted by molar-refractivity contribution is 6.30. The largest absolute Gasteiger partial charge is 0.389 e. The van der Waals surface area contributed by atoms with Crippen molar-refractivity contribution in [2.45, 2.75) is 31.3 Å². The maximum atomic E-state index is 10.5. The molecule has 0 radical (unpaired) electrons. The third-order valence-corrected chi connectivity index (χ3v) is 4.87. The predicted molar refractivity (Wildman–Crippen MR) is 83.5 cm³/mol. The summed E-state index contributed by atoms with van der Waals surface area (Å²) in [7, 11) is 0. The van der Waals surface area contributed by atoms with E-state index in [0.29, 0.717) is 0 Å². The van der Waals surface area contributed by atoms with Gasteiger partial charge in [-0.2, -0.15) is 0 Å². The molecule has 0 bridgehead atoms. The summed E-state index contributed by atoms with van der Waals surface area (Å²) < 4.78 is 0. The summed E-state index contributed by atoms with van der Waals surface area (Å²) in [5, 5.41) is 11.3. The van der Waals surface area contributed by atoms with Gasteiger partial charge in [-0.25, -0.2) is 0 Å². The summed E-state index contributed by atoms with van der Waals surface area (Å²) in [6, 6.07) is 8.07. The Labute approximate surface area is 126 Å². The normalized spacial score (nSPS) is 23.2. The fraction of sp³-hybridized carbons (Fsp3) is 0.625. The Balaban J connectivity index is 1.53. The average Bonchev–Trinajstić information content (AvgIpc) is 2.87. The molecule has 1 N–H and O–H groups in total. The Bertz CT molecular complexity index is 434. The van der Waals surface area contributed by atoms with Crippen LogP contribution in [0.5, 0.6) is 0 Å². The Morgan fingerprint density at radius 2 is 1.60 bits per heavy atom. The number of β-amino-alcohol motifs (C(OH)–C–C–N with tert-alkyl or cyclic N) is 1. The second-order valence-corrected chi connectivity index (χ2v) is 6.61. The molecule has 2 aliphatic rings. The molecule has 20 heavy (non-hydrogen) atoms. The summed E-state index contributed by atoms with van der Waals surface area (Å²) >= 11 is 5.93. The Morgan fingerprint density at radius 1 is 1.00 bits per heavy atom. The van der Waals surface area contributed by atoms with Crippen molar-refractivity contribution in [1.29, 1.82) is 0 Å². The molecule has 1 heterocycles. The van der Waals surface area contributed by atoms with E-state index in [-0.39, 0.29) is 0 Å². The van der Waals surface area contributed by atoms with Crippen molar-refractivity contribution in [1.82, 2.24) is 4.90 Å². The van der Waals surface area contributed by atoms with Gasteiger partial charge in [-0.05, 0) is 37.1 Å². The summed E-state index contributed by atoms with van der Waals surface area (Å²) in [5.41, 5.74) is 0.830. The van der Waals surface area contributed by atoms with Crippen molar-refractivity contribution in [3.63, 3.8) is 0 Å². The first kappa shape index (κ1) is 14.2. The van der Waals surface area contributed by atoms with Crippen molar-refractivity contribution in [2.75, 3.05) is 37.6 Å². The fourth-order valence-electron chi connectivity index (χ4n) is 3.42. The van der Waals surface area contributed by atoms with Gasteiger partial charge in [0.25, 0.3) is 0 Å². The van der Waals surface area contributed by atoms with E-state index in [1.807, 2.05) is 12.1 Å². The molecule has 110 valence electrons. The molecular formula is C16H23ClN2O. The van der Waals surface area contributed by atoms with Crippen LogP contribution in [0.25, 0.3) is 0 Å². The van der Waals surface area contributed by atoms with E-state index < -0.39 is 5.60 Å². The van der Waals surface area contributed by atoms with E-state index in [4.69, 9.17) is 11.6 Å². The SMILES string of the molecule is OC1(CN2CCN(c3ccc(Cl)cc3)CC2)CCCC1. The number of hydrogen-bond donors (Lipinski definition) is 1. The number of benzene rings is 1. The van der Waals surface area contributed by atoms with Gasteiger partial charge in [0.2, 0.25) is 0 Å². The summed E-state index contributed by atoms with van der Waals surface area (Å²) in [6.07, 6.45) is 4.32. The zero-order valence-electron chi connectivity index (χ0n) is 11.9. The first-order chi connectivity index (χ1) is 9.65. The zero-order valence-corrected chi connectivity index (χ0v) is 12.6. The predicted octanol–water partition coefficient (Wildman–Crippen LogP) is 2.77. The molecule has 3 rings (SSSR count). The van der Waals surface area contributed by atoms with Crippen LogP contribution in [0.15, 0.2) is 24.3 Å². The third kappa shape index (κ3) is 3.27. The van der Waals surface area contributed by atoms with E-state index in [9.17, 15) is 5.11 Å². The summed E-state index contributed by atoms with van der Waals surface area (Å²) in [4.78, 5) is 4.81. The molecule has 0 amide bonds. The Kier molecular flexibility index (Phi) is 4.20. The van der Waals surface area contributed by atoms with Crippen molar-refractivity contribution in [2.24, 2.45) is 0 Å². The first-order valence-electron chi connectivity index (χ1n) is 7.60. The molecule has 3 nitrogen and oxygen atoms in total. The molecule has 1 saturated carbocycles. The van der Waals surface area contributed by atoms with Crippen LogP contribution in [0, 0.1) is 0 Å². The standard InChI is InChI=1S/C16H23ClN2O/c17-14-3-5-15(6-4-14)19-11-9-18(10-12-19)13-16(20)7-1-2-8-16/h3-6,20H,1-2,7-13H2. The van der Waals surface area contributed by atoms with Gasteiger partial charge in [0.05, 0.1) is 5.60 Å². The maximum Gasteiger partial charge on any atom is 0.0774 e. The fourth-order valence-corrected chi connectivity index (χ4v) is 3.55. The van der Waals surface area contributed by atoms with Crippen molar-refractivity contribution >= 4 is 17.3 Å². The lowest BCUT2D eigenvalue weighted by Crippen LogP contribution is -2.51. The molecule has 1 aliphatic heterocycles. The second kappa shape index (κ2) is 5.92. The third-order valence-electron chi connectivity index (χ3n) is 4.62.